The summed E-state index contributed by atoms with van der Waals surface area (Å²) in [6, 6.07) is 0. The van der Waals surface area contributed by atoms with Gasteiger partial charge in [0.05, 0.1) is 11.7 Å². The minimum atomic E-state index is -0.0867. The summed E-state index contributed by atoms with van der Waals surface area (Å²) in [4.78, 5) is 0. The fourth-order valence-corrected chi connectivity index (χ4v) is 5.02. The molecule has 0 radical (unpaired) electrons. The van der Waals surface area contributed by atoms with Crippen LogP contribution in [-0.2, 0) is 4.74 Å². The van der Waals surface area contributed by atoms with Gasteiger partial charge >= 0.3 is 0 Å². The predicted octanol–water partition coefficient (Wildman–Crippen LogP) is 2.70. The number of rotatable bonds is 2. The Hall–Kier alpha value is 0.270. The zero-order valence-corrected chi connectivity index (χ0v) is 11.8. The van der Waals surface area contributed by atoms with Crippen molar-refractivity contribution in [3.63, 3.8) is 0 Å². The van der Waals surface area contributed by atoms with Gasteiger partial charge in [0, 0.05) is 12.4 Å². The third-order valence-electron chi connectivity index (χ3n) is 5.08. The first kappa shape index (κ1) is 12.3. The number of thioether (sulfide) groups is 1. The van der Waals surface area contributed by atoms with Crippen LogP contribution < -0.4 is 0 Å². The van der Waals surface area contributed by atoms with Gasteiger partial charge in [-0.3, -0.25) is 0 Å². The van der Waals surface area contributed by atoms with Gasteiger partial charge in [-0.1, -0.05) is 13.8 Å². The fraction of sp³-hybridized carbons (Fsp3) is 1.00. The Morgan fingerprint density at radius 1 is 1.35 bits per heavy atom. The maximum absolute atomic E-state index is 10.5. The van der Waals surface area contributed by atoms with E-state index in [4.69, 9.17) is 4.74 Å². The third-order valence-corrected chi connectivity index (χ3v) is 6.31. The molecule has 98 valence electrons. The van der Waals surface area contributed by atoms with Gasteiger partial charge < -0.3 is 9.84 Å². The second kappa shape index (κ2) is 4.14. The number of hydrogen-bond donors (Lipinski definition) is 1. The standard InChI is InChI=1S/C14H24O2S/c1-13(2)8-11(13)12(15)10-3-5-16-14(7-10)4-6-17-9-14/h10-12,15H,3-9H2,1-2H3. The van der Waals surface area contributed by atoms with Gasteiger partial charge in [-0.2, -0.15) is 11.8 Å². The van der Waals surface area contributed by atoms with Gasteiger partial charge in [0.1, 0.15) is 0 Å². The second-order valence-corrected chi connectivity index (χ2v) is 7.98. The van der Waals surface area contributed by atoms with Crippen molar-refractivity contribution in [2.24, 2.45) is 17.3 Å². The summed E-state index contributed by atoms with van der Waals surface area (Å²) in [5, 5.41) is 10.5. The van der Waals surface area contributed by atoms with Gasteiger partial charge in [0.25, 0.3) is 0 Å². The first-order chi connectivity index (χ1) is 8.03. The quantitative estimate of drug-likeness (QED) is 0.824. The molecule has 1 saturated carbocycles. The molecule has 0 aromatic heterocycles. The Balaban J connectivity index is 1.64. The zero-order valence-electron chi connectivity index (χ0n) is 10.9. The average Bonchev–Trinajstić information content (AvgIpc) is 2.71. The van der Waals surface area contributed by atoms with Crippen LogP contribution in [0.15, 0.2) is 0 Å². The van der Waals surface area contributed by atoms with Crippen molar-refractivity contribution < 1.29 is 9.84 Å². The molecule has 1 N–H and O–H groups in total. The molecule has 1 spiro atoms. The van der Waals surface area contributed by atoms with Gasteiger partial charge in [-0.25, -0.2) is 0 Å². The summed E-state index contributed by atoms with van der Waals surface area (Å²) >= 11 is 2.01. The molecule has 2 saturated heterocycles. The molecule has 3 heteroatoms. The molecule has 4 unspecified atom stereocenters. The van der Waals surface area contributed by atoms with E-state index in [9.17, 15) is 5.11 Å². The summed E-state index contributed by atoms with van der Waals surface area (Å²) in [7, 11) is 0. The Kier molecular flexibility index (Phi) is 3.00. The Labute approximate surface area is 108 Å². The van der Waals surface area contributed by atoms with Crippen LogP contribution in [0.5, 0.6) is 0 Å². The van der Waals surface area contributed by atoms with E-state index in [-0.39, 0.29) is 11.7 Å². The van der Waals surface area contributed by atoms with Gasteiger partial charge in [-0.05, 0) is 48.7 Å². The summed E-state index contributed by atoms with van der Waals surface area (Å²) in [5.41, 5.74) is 0.503. The van der Waals surface area contributed by atoms with Crippen molar-refractivity contribution in [2.75, 3.05) is 18.1 Å². The van der Waals surface area contributed by atoms with E-state index in [0.29, 0.717) is 17.3 Å². The van der Waals surface area contributed by atoms with E-state index in [0.717, 1.165) is 25.2 Å². The number of aliphatic hydroxyl groups excluding tert-OH is 1. The highest BCUT2D eigenvalue weighted by Gasteiger charge is 2.53. The number of hydrogen-bond acceptors (Lipinski definition) is 3. The van der Waals surface area contributed by atoms with Crippen molar-refractivity contribution in [3.8, 4) is 0 Å². The largest absolute Gasteiger partial charge is 0.393 e. The van der Waals surface area contributed by atoms with Crippen molar-refractivity contribution in [1.29, 1.82) is 0 Å². The predicted molar refractivity (Wildman–Crippen MR) is 71.2 cm³/mol. The smallest absolute Gasteiger partial charge is 0.0783 e. The normalized spacial score (nSPS) is 46.1. The molecule has 1 aliphatic carbocycles. The van der Waals surface area contributed by atoms with Crippen LogP contribution in [-0.4, -0.2) is 34.9 Å². The lowest BCUT2D eigenvalue weighted by molar-refractivity contribution is -0.105. The maximum atomic E-state index is 10.5. The molecule has 0 amide bonds. The van der Waals surface area contributed by atoms with Crippen LogP contribution in [0.1, 0.15) is 39.5 Å². The SMILES string of the molecule is CC1(C)CC1C(O)C1CCOC2(CCSC2)C1. The van der Waals surface area contributed by atoms with Crippen LogP contribution in [0, 0.1) is 17.3 Å². The van der Waals surface area contributed by atoms with Crippen molar-refractivity contribution >= 4 is 11.8 Å². The highest BCUT2D eigenvalue weighted by molar-refractivity contribution is 7.99. The van der Waals surface area contributed by atoms with Crippen molar-refractivity contribution in [3.05, 3.63) is 0 Å². The van der Waals surface area contributed by atoms with Crippen LogP contribution in [0.4, 0.5) is 0 Å². The first-order valence-corrected chi connectivity index (χ1v) is 8.08. The monoisotopic (exact) mass is 256 g/mol. The van der Waals surface area contributed by atoms with E-state index >= 15 is 0 Å². The first-order valence-electron chi connectivity index (χ1n) is 6.92. The van der Waals surface area contributed by atoms with Crippen molar-refractivity contribution in [2.45, 2.75) is 51.2 Å². The maximum Gasteiger partial charge on any atom is 0.0783 e. The van der Waals surface area contributed by atoms with E-state index < -0.39 is 0 Å². The molecule has 17 heavy (non-hydrogen) atoms. The van der Waals surface area contributed by atoms with Crippen LogP contribution in [0.2, 0.25) is 0 Å². The number of aliphatic hydroxyl groups is 1. The lowest BCUT2D eigenvalue weighted by Crippen LogP contribution is -2.43. The van der Waals surface area contributed by atoms with E-state index in [1.165, 1.54) is 18.6 Å². The highest BCUT2D eigenvalue weighted by Crippen LogP contribution is 2.56. The molecule has 3 rings (SSSR count). The van der Waals surface area contributed by atoms with Gasteiger partial charge in [-0.15, -0.1) is 0 Å². The highest BCUT2D eigenvalue weighted by atomic mass is 32.2. The van der Waals surface area contributed by atoms with Crippen LogP contribution >= 0.6 is 11.8 Å². The van der Waals surface area contributed by atoms with Gasteiger partial charge in [0.15, 0.2) is 0 Å². The van der Waals surface area contributed by atoms with Crippen LogP contribution in [0.25, 0.3) is 0 Å². The molecule has 4 atom stereocenters. The molecule has 0 bridgehead atoms. The minimum absolute atomic E-state index is 0.0867. The van der Waals surface area contributed by atoms with Crippen molar-refractivity contribution in [1.82, 2.24) is 0 Å². The van der Waals surface area contributed by atoms with Gasteiger partial charge in [0.2, 0.25) is 0 Å². The third kappa shape index (κ3) is 2.26. The summed E-state index contributed by atoms with van der Waals surface area (Å²) in [5.74, 6) is 3.40. The van der Waals surface area contributed by atoms with E-state index in [1.54, 1.807) is 0 Å². The molecule has 2 heterocycles. The minimum Gasteiger partial charge on any atom is -0.393 e. The summed E-state index contributed by atoms with van der Waals surface area (Å²) in [6.45, 7) is 5.41. The second-order valence-electron chi connectivity index (χ2n) is 6.88. The molecule has 0 aromatic rings. The molecular formula is C14H24O2S. The molecule has 0 aromatic carbocycles. The molecule has 2 aliphatic heterocycles. The van der Waals surface area contributed by atoms with E-state index in [1.807, 2.05) is 11.8 Å². The zero-order chi connectivity index (χ0) is 12.1. The molecular weight excluding hydrogens is 232 g/mol. The fourth-order valence-electron chi connectivity index (χ4n) is 3.64. The Morgan fingerprint density at radius 2 is 2.12 bits per heavy atom. The summed E-state index contributed by atoms with van der Waals surface area (Å²) < 4.78 is 6.03. The molecule has 3 aliphatic rings. The molecule has 3 fully saturated rings. The summed E-state index contributed by atoms with van der Waals surface area (Å²) in [6.07, 6.45) is 4.45. The number of ether oxygens (including phenoxy) is 1. The Morgan fingerprint density at radius 3 is 2.71 bits per heavy atom. The lowest BCUT2D eigenvalue weighted by atomic mass is 9.80. The van der Waals surface area contributed by atoms with E-state index in [2.05, 4.69) is 13.8 Å². The molecule has 2 nitrogen and oxygen atoms in total. The Bertz CT molecular complexity index is 297. The topological polar surface area (TPSA) is 29.5 Å². The average molecular weight is 256 g/mol. The van der Waals surface area contributed by atoms with Crippen LogP contribution in [0.3, 0.4) is 0 Å². The lowest BCUT2D eigenvalue weighted by Gasteiger charge is -2.40.